The molecule has 8 heteroatoms. The molecule has 7 N–H and O–H groups in total. The zero-order valence-corrected chi connectivity index (χ0v) is 9.29. The highest BCUT2D eigenvalue weighted by molar-refractivity contribution is 5.91. The fourth-order valence-electron chi connectivity index (χ4n) is 1.08. The number of aromatic hydroxyl groups is 1. The number of hydrogen-bond acceptors (Lipinski definition) is 6. The number of carboxylic acid groups (broad SMARTS) is 1. The van der Waals surface area contributed by atoms with Crippen LogP contribution in [0.4, 0.5) is 5.69 Å². The first-order chi connectivity index (χ1) is 8.41. The molecule has 1 aromatic rings. The summed E-state index contributed by atoms with van der Waals surface area (Å²) in [5.74, 6) is -1.71. The average Bonchev–Trinajstić information content (AvgIpc) is 2.63. The Balaban J connectivity index is 0.000000199. The average molecular weight is 255 g/mol. The van der Waals surface area contributed by atoms with Gasteiger partial charge < -0.3 is 21.7 Å². The number of amides is 1. The molecule has 1 amide bonds. The first-order valence-electron chi connectivity index (χ1n) is 4.91. The van der Waals surface area contributed by atoms with E-state index in [4.69, 9.17) is 21.7 Å². The highest BCUT2D eigenvalue weighted by atomic mass is 16.7. The van der Waals surface area contributed by atoms with Crippen LogP contribution in [0.25, 0.3) is 0 Å². The van der Waals surface area contributed by atoms with Crippen LogP contribution in [0.3, 0.4) is 0 Å². The predicted molar refractivity (Wildman–Crippen MR) is 61.5 cm³/mol. The zero-order valence-electron chi connectivity index (χ0n) is 9.29. The van der Waals surface area contributed by atoms with Crippen LogP contribution < -0.4 is 16.9 Å². The summed E-state index contributed by atoms with van der Waals surface area (Å²) in [5.41, 5.74) is 12.7. The number of nitrogens with two attached hydrogens (primary N) is 2. The molecule has 0 unspecified atom stereocenters. The molecular formula is C10H13N3O5. The van der Waals surface area contributed by atoms with Gasteiger partial charge in [-0.05, 0) is 12.1 Å². The second-order valence-electron chi connectivity index (χ2n) is 3.47. The fraction of sp³-hybridized carbons (Fsp3) is 0.200. The van der Waals surface area contributed by atoms with Crippen molar-refractivity contribution in [3.05, 3.63) is 23.8 Å². The van der Waals surface area contributed by atoms with Crippen molar-refractivity contribution < 1.29 is 24.6 Å². The summed E-state index contributed by atoms with van der Waals surface area (Å²) >= 11 is 0. The van der Waals surface area contributed by atoms with Gasteiger partial charge in [0.25, 0.3) is 5.91 Å². The number of aromatic carboxylic acids is 1. The largest absolute Gasteiger partial charge is 0.507 e. The first kappa shape index (κ1) is 13.7. The van der Waals surface area contributed by atoms with Gasteiger partial charge in [0, 0.05) is 11.8 Å². The second kappa shape index (κ2) is 5.84. The molecule has 0 radical (unpaired) electrons. The maximum absolute atomic E-state index is 10.3. The van der Waals surface area contributed by atoms with Gasteiger partial charge in [-0.15, -0.1) is 0 Å². The van der Waals surface area contributed by atoms with Gasteiger partial charge in [0.05, 0.1) is 6.61 Å². The standard InChI is InChI=1S/C7H7NO3.C3H6N2O2/c8-4-1-2-5(7(10)11)6(9)3-4;4-2-1-7-5-3(2)6/h1-3,9H,8H2,(H,10,11);2H,1,4H2,(H,5,6)/t;2-/m.1/s1. The number of nitrogens with one attached hydrogen (secondary N) is 1. The minimum Gasteiger partial charge on any atom is -0.507 e. The Morgan fingerprint density at radius 2 is 2.17 bits per heavy atom. The molecule has 1 atom stereocenters. The zero-order chi connectivity index (χ0) is 13.7. The number of anilines is 1. The van der Waals surface area contributed by atoms with Crippen LogP contribution in [0.2, 0.25) is 0 Å². The monoisotopic (exact) mass is 255 g/mol. The highest BCUT2D eigenvalue weighted by Crippen LogP contribution is 2.19. The van der Waals surface area contributed by atoms with Gasteiger partial charge in [-0.25, -0.2) is 10.3 Å². The minimum absolute atomic E-state index is 0.140. The van der Waals surface area contributed by atoms with E-state index < -0.39 is 12.0 Å². The van der Waals surface area contributed by atoms with E-state index in [9.17, 15) is 9.59 Å². The molecule has 0 aliphatic carbocycles. The van der Waals surface area contributed by atoms with Gasteiger partial charge in [0.2, 0.25) is 0 Å². The summed E-state index contributed by atoms with van der Waals surface area (Å²) in [5, 5.41) is 17.5. The molecule has 98 valence electrons. The number of carbonyl (C=O) groups excluding carboxylic acids is 1. The van der Waals surface area contributed by atoms with Crippen LogP contribution in [0, 0.1) is 0 Å². The third kappa shape index (κ3) is 3.61. The lowest BCUT2D eigenvalue weighted by Crippen LogP contribution is -2.31. The van der Waals surface area contributed by atoms with Crippen LogP contribution >= 0.6 is 0 Å². The molecule has 1 aromatic carbocycles. The van der Waals surface area contributed by atoms with E-state index in [-0.39, 0.29) is 17.2 Å². The van der Waals surface area contributed by atoms with Gasteiger partial charge in [0.1, 0.15) is 17.4 Å². The topological polar surface area (TPSA) is 148 Å². The van der Waals surface area contributed by atoms with Crippen molar-refractivity contribution >= 4 is 17.6 Å². The molecule has 1 saturated heterocycles. The number of hydroxylamine groups is 1. The first-order valence-corrected chi connectivity index (χ1v) is 4.91. The van der Waals surface area contributed by atoms with E-state index in [2.05, 4.69) is 10.3 Å². The summed E-state index contributed by atoms with van der Waals surface area (Å²) in [6, 6.07) is 3.42. The SMILES string of the molecule is N[C@@H]1CONC1=O.Nc1ccc(C(=O)O)c(O)c1. The molecule has 1 aliphatic heterocycles. The lowest BCUT2D eigenvalue weighted by Gasteiger charge is -1.98. The van der Waals surface area contributed by atoms with Crippen molar-refractivity contribution in [2.75, 3.05) is 12.3 Å². The molecule has 0 aromatic heterocycles. The Morgan fingerprint density at radius 3 is 2.50 bits per heavy atom. The van der Waals surface area contributed by atoms with Crippen molar-refractivity contribution in [1.82, 2.24) is 5.48 Å². The van der Waals surface area contributed by atoms with Crippen molar-refractivity contribution in [1.29, 1.82) is 0 Å². The molecule has 0 saturated carbocycles. The molecule has 1 fully saturated rings. The third-order valence-electron chi connectivity index (χ3n) is 2.02. The number of hydrogen-bond donors (Lipinski definition) is 5. The lowest BCUT2D eigenvalue weighted by atomic mass is 10.2. The van der Waals surface area contributed by atoms with Gasteiger partial charge in [-0.3, -0.25) is 9.63 Å². The number of rotatable bonds is 1. The molecule has 0 spiro atoms. The quantitative estimate of drug-likeness (QED) is 0.406. The number of benzene rings is 1. The summed E-state index contributed by atoms with van der Waals surface area (Å²) in [6.45, 7) is 0.291. The van der Waals surface area contributed by atoms with Crippen molar-refractivity contribution in [2.45, 2.75) is 6.04 Å². The minimum atomic E-state index is -1.16. The highest BCUT2D eigenvalue weighted by Gasteiger charge is 2.19. The predicted octanol–water partition coefficient (Wildman–Crippen LogP) is -0.952. The normalized spacial score (nSPS) is 17.6. The molecule has 8 nitrogen and oxygen atoms in total. The summed E-state index contributed by atoms with van der Waals surface area (Å²) in [7, 11) is 0. The van der Waals surface area contributed by atoms with Gasteiger partial charge in [-0.2, -0.15) is 0 Å². The van der Waals surface area contributed by atoms with Crippen molar-refractivity contribution in [3.63, 3.8) is 0 Å². The smallest absolute Gasteiger partial charge is 0.339 e. The summed E-state index contributed by atoms with van der Waals surface area (Å²) in [4.78, 5) is 25.0. The van der Waals surface area contributed by atoms with E-state index >= 15 is 0 Å². The summed E-state index contributed by atoms with van der Waals surface area (Å²) < 4.78 is 0. The third-order valence-corrected chi connectivity index (χ3v) is 2.02. The Morgan fingerprint density at radius 1 is 1.50 bits per heavy atom. The maximum Gasteiger partial charge on any atom is 0.339 e. The van der Waals surface area contributed by atoms with E-state index in [0.29, 0.717) is 12.3 Å². The fourth-order valence-corrected chi connectivity index (χ4v) is 1.08. The van der Waals surface area contributed by atoms with Crippen molar-refractivity contribution in [3.8, 4) is 5.75 Å². The van der Waals surface area contributed by atoms with Crippen LogP contribution in [0.1, 0.15) is 10.4 Å². The molecule has 1 heterocycles. The van der Waals surface area contributed by atoms with E-state index in [1.54, 1.807) is 0 Å². The van der Waals surface area contributed by atoms with Gasteiger partial charge in [-0.1, -0.05) is 0 Å². The van der Waals surface area contributed by atoms with Crippen LogP contribution in [-0.2, 0) is 9.63 Å². The number of carboxylic acids is 1. The number of nitrogen functional groups attached to an aromatic ring is 1. The Labute approximate surface area is 102 Å². The van der Waals surface area contributed by atoms with Crippen LogP contribution in [0.15, 0.2) is 18.2 Å². The van der Waals surface area contributed by atoms with E-state index in [1.165, 1.54) is 18.2 Å². The maximum atomic E-state index is 10.3. The van der Waals surface area contributed by atoms with E-state index in [1.807, 2.05) is 0 Å². The van der Waals surface area contributed by atoms with Crippen LogP contribution in [0.5, 0.6) is 5.75 Å². The molecule has 18 heavy (non-hydrogen) atoms. The number of carbonyl (C=O) groups is 2. The molecular weight excluding hydrogens is 242 g/mol. The second-order valence-corrected chi connectivity index (χ2v) is 3.47. The van der Waals surface area contributed by atoms with Gasteiger partial charge in [0.15, 0.2) is 0 Å². The Hall–Kier alpha value is -2.32. The summed E-state index contributed by atoms with van der Waals surface area (Å²) in [6.07, 6.45) is 0. The molecule has 2 rings (SSSR count). The number of phenols is 1. The van der Waals surface area contributed by atoms with Crippen molar-refractivity contribution in [2.24, 2.45) is 5.73 Å². The van der Waals surface area contributed by atoms with Gasteiger partial charge >= 0.3 is 5.97 Å². The molecule has 0 bridgehead atoms. The van der Waals surface area contributed by atoms with E-state index in [0.717, 1.165) is 0 Å². The lowest BCUT2D eigenvalue weighted by molar-refractivity contribution is -0.124. The molecule has 1 aliphatic rings. The van der Waals surface area contributed by atoms with Crippen LogP contribution in [-0.4, -0.2) is 34.7 Å². The Kier molecular flexibility index (Phi) is 4.46. The Bertz CT molecular complexity index is 463.